The molecular formula is C28H24N2. The largest absolute Gasteiger partial charge is 0.347 e. The van der Waals surface area contributed by atoms with Crippen LogP contribution in [-0.4, -0.2) is 6.34 Å². The average molecular weight is 389 g/mol. The van der Waals surface area contributed by atoms with Crippen LogP contribution in [0.15, 0.2) is 108 Å². The quantitative estimate of drug-likeness (QED) is 0.220. The third kappa shape index (κ3) is 3.65. The van der Waals surface area contributed by atoms with E-state index in [0.29, 0.717) is 5.92 Å². The van der Waals surface area contributed by atoms with E-state index in [1.807, 2.05) is 6.34 Å². The molecule has 4 aromatic carbocycles. The molecule has 1 N–H and O–H groups in total. The van der Waals surface area contributed by atoms with Crippen molar-refractivity contribution in [1.82, 2.24) is 5.32 Å². The van der Waals surface area contributed by atoms with Gasteiger partial charge in [-0.25, -0.2) is 4.99 Å². The summed E-state index contributed by atoms with van der Waals surface area (Å²) in [6.45, 7) is 2.23. The second-order valence-corrected chi connectivity index (χ2v) is 7.88. The van der Waals surface area contributed by atoms with Crippen molar-refractivity contribution in [2.75, 3.05) is 0 Å². The third-order valence-electron chi connectivity index (χ3n) is 5.68. The van der Waals surface area contributed by atoms with Crippen molar-refractivity contribution < 1.29 is 0 Å². The molecule has 0 aliphatic heterocycles. The summed E-state index contributed by atoms with van der Waals surface area (Å²) in [5.74, 6) is 0.603. The molecule has 30 heavy (non-hydrogen) atoms. The predicted molar refractivity (Wildman–Crippen MR) is 129 cm³/mol. The highest BCUT2D eigenvalue weighted by atomic mass is 14.9. The Morgan fingerprint density at radius 3 is 2.47 bits per heavy atom. The Kier molecular flexibility index (Phi) is 4.90. The van der Waals surface area contributed by atoms with Crippen LogP contribution in [0.2, 0.25) is 0 Å². The molecule has 0 heterocycles. The zero-order chi connectivity index (χ0) is 20.3. The molecule has 0 spiro atoms. The maximum absolute atomic E-state index is 4.90. The van der Waals surface area contributed by atoms with Gasteiger partial charge in [0.25, 0.3) is 0 Å². The molecule has 2 nitrogen and oxygen atoms in total. The summed E-state index contributed by atoms with van der Waals surface area (Å²) < 4.78 is 0. The van der Waals surface area contributed by atoms with Crippen molar-refractivity contribution in [3.8, 4) is 11.1 Å². The van der Waals surface area contributed by atoms with Crippen molar-refractivity contribution >= 4 is 33.6 Å². The van der Waals surface area contributed by atoms with E-state index in [9.17, 15) is 0 Å². The first kappa shape index (κ1) is 18.4. The molecule has 0 saturated heterocycles. The van der Waals surface area contributed by atoms with E-state index in [-0.39, 0.29) is 0 Å². The van der Waals surface area contributed by atoms with E-state index in [2.05, 4.69) is 109 Å². The van der Waals surface area contributed by atoms with E-state index in [1.54, 1.807) is 0 Å². The van der Waals surface area contributed by atoms with Crippen LogP contribution in [-0.2, 0) is 0 Å². The van der Waals surface area contributed by atoms with Crippen molar-refractivity contribution in [2.24, 2.45) is 10.9 Å². The Hall–Kier alpha value is -3.65. The Morgan fingerprint density at radius 1 is 0.833 bits per heavy atom. The fourth-order valence-electron chi connectivity index (χ4n) is 3.99. The van der Waals surface area contributed by atoms with E-state index in [0.717, 1.165) is 28.6 Å². The fourth-order valence-corrected chi connectivity index (χ4v) is 3.99. The number of benzene rings is 4. The second kappa shape index (κ2) is 8.00. The third-order valence-corrected chi connectivity index (χ3v) is 5.68. The zero-order valence-corrected chi connectivity index (χ0v) is 17.0. The summed E-state index contributed by atoms with van der Waals surface area (Å²) in [6.07, 6.45) is 9.47. The standard InChI is InChI=1S/C28H24N2/c1-20-11-15-25(16-12-20)29-19-30-28-26-10-6-5-9-23(26)17-24-14-13-22(18-27(24)28)21-7-3-2-4-8-21/h2-11,13-20H,12H2,1H3,(H,29,30). The van der Waals surface area contributed by atoms with Crippen molar-refractivity contribution in [3.63, 3.8) is 0 Å². The van der Waals surface area contributed by atoms with Crippen LogP contribution >= 0.6 is 0 Å². The van der Waals surface area contributed by atoms with Crippen molar-refractivity contribution in [2.45, 2.75) is 13.3 Å². The number of hydrogen-bond donors (Lipinski definition) is 1. The summed E-state index contributed by atoms with van der Waals surface area (Å²) >= 11 is 0. The van der Waals surface area contributed by atoms with Gasteiger partial charge in [-0.1, -0.05) is 85.8 Å². The lowest BCUT2D eigenvalue weighted by atomic mass is 9.97. The molecule has 0 bridgehead atoms. The molecule has 0 radical (unpaired) electrons. The molecule has 5 rings (SSSR count). The number of nitrogens with zero attached hydrogens (tertiary/aromatic N) is 1. The van der Waals surface area contributed by atoms with Gasteiger partial charge in [0.05, 0.1) is 12.0 Å². The lowest BCUT2D eigenvalue weighted by Gasteiger charge is -2.12. The van der Waals surface area contributed by atoms with E-state index in [4.69, 9.17) is 4.99 Å². The minimum Gasteiger partial charge on any atom is -0.347 e. The Bertz CT molecular complexity index is 1300. The molecule has 1 unspecified atom stereocenters. The maximum Gasteiger partial charge on any atom is 0.0930 e. The van der Waals surface area contributed by atoms with E-state index >= 15 is 0 Å². The molecule has 1 aliphatic rings. The van der Waals surface area contributed by atoms with Gasteiger partial charge in [-0.3, -0.25) is 0 Å². The molecular weight excluding hydrogens is 364 g/mol. The molecule has 0 aromatic heterocycles. The first-order valence-electron chi connectivity index (χ1n) is 10.5. The van der Waals surface area contributed by atoms with Gasteiger partial charge < -0.3 is 5.32 Å². The van der Waals surface area contributed by atoms with Gasteiger partial charge in [-0.05, 0) is 52.4 Å². The van der Waals surface area contributed by atoms with Gasteiger partial charge >= 0.3 is 0 Å². The minimum atomic E-state index is 0.603. The van der Waals surface area contributed by atoms with Gasteiger partial charge in [-0.15, -0.1) is 0 Å². The predicted octanol–water partition coefficient (Wildman–Crippen LogP) is 7.39. The highest BCUT2D eigenvalue weighted by molar-refractivity contribution is 6.11. The highest BCUT2D eigenvalue weighted by Crippen LogP contribution is 2.37. The SMILES string of the molecule is CC1C=CC(NC=Nc2c3ccccc3cc3ccc(-c4ccccc4)cc23)=CC1. The van der Waals surface area contributed by atoms with Crippen LogP contribution in [0.4, 0.5) is 5.69 Å². The molecule has 4 aromatic rings. The fraction of sp³-hybridized carbons (Fsp3) is 0.107. The number of hydrogen-bond acceptors (Lipinski definition) is 1. The van der Waals surface area contributed by atoms with Crippen LogP contribution in [0.1, 0.15) is 13.3 Å². The monoisotopic (exact) mass is 388 g/mol. The Balaban J connectivity index is 1.61. The van der Waals surface area contributed by atoms with Crippen LogP contribution in [0.25, 0.3) is 32.7 Å². The maximum atomic E-state index is 4.90. The number of nitrogens with one attached hydrogen (secondary N) is 1. The van der Waals surface area contributed by atoms with E-state index in [1.165, 1.54) is 21.9 Å². The topological polar surface area (TPSA) is 24.4 Å². The van der Waals surface area contributed by atoms with Crippen molar-refractivity contribution in [3.05, 3.63) is 103 Å². The highest BCUT2D eigenvalue weighted by Gasteiger charge is 2.09. The van der Waals surface area contributed by atoms with Crippen LogP contribution < -0.4 is 5.32 Å². The first-order valence-corrected chi connectivity index (χ1v) is 10.5. The number of fused-ring (bicyclic) bond motifs is 2. The molecule has 0 amide bonds. The van der Waals surface area contributed by atoms with Gasteiger partial charge in [-0.2, -0.15) is 0 Å². The summed E-state index contributed by atoms with van der Waals surface area (Å²) in [4.78, 5) is 4.90. The normalized spacial score (nSPS) is 16.3. The van der Waals surface area contributed by atoms with Gasteiger partial charge in [0.1, 0.15) is 0 Å². The average Bonchev–Trinajstić information content (AvgIpc) is 2.80. The van der Waals surface area contributed by atoms with Crippen LogP contribution in [0.5, 0.6) is 0 Å². The molecule has 0 fully saturated rings. The van der Waals surface area contributed by atoms with E-state index < -0.39 is 0 Å². The molecule has 1 atom stereocenters. The molecule has 0 saturated carbocycles. The minimum absolute atomic E-state index is 0.603. The van der Waals surface area contributed by atoms with Crippen LogP contribution in [0, 0.1) is 5.92 Å². The summed E-state index contributed by atoms with van der Waals surface area (Å²) in [5.41, 5.74) is 4.52. The summed E-state index contributed by atoms with van der Waals surface area (Å²) in [7, 11) is 0. The van der Waals surface area contributed by atoms with Gasteiger partial charge in [0.15, 0.2) is 0 Å². The van der Waals surface area contributed by atoms with Gasteiger partial charge in [0, 0.05) is 16.5 Å². The number of rotatable bonds is 4. The molecule has 2 heteroatoms. The van der Waals surface area contributed by atoms with Crippen molar-refractivity contribution in [1.29, 1.82) is 0 Å². The molecule has 1 aliphatic carbocycles. The second-order valence-electron chi connectivity index (χ2n) is 7.88. The zero-order valence-electron chi connectivity index (χ0n) is 17.0. The smallest absolute Gasteiger partial charge is 0.0930 e. The lowest BCUT2D eigenvalue weighted by Crippen LogP contribution is -2.11. The lowest BCUT2D eigenvalue weighted by molar-refractivity contribution is 0.726. The first-order chi connectivity index (χ1) is 14.8. The molecule has 146 valence electrons. The number of allylic oxidation sites excluding steroid dienone is 3. The van der Waals surface area contributed by atoms with Gasteiger partial charge in [0.2, 0.25) is 0 Å². The summed E-state index contributed by atoms with van der Waals surface area (Å²) in [6, 6.07) is 27.9. The van der Waals surface area contributed by atoms with Crippen LogP contribution in [0.3, 0.4) is 0 Å². The Morgan fingerprint density at radius 2 is 1.63 bits per heavy atom. The Labute approximate surface area is 177 Å². The number of aliphatic imine (C=N–C) groups is 1. The summed E-state index contributed by atoms with van der Waals surface area (Å²) in [5, 5.41) is 8.08.